The second-order valence-electron chi connectivity index (χ2n) is 9.90. The predicted octanol–water partition coefficient (Wildman–Crippen LogP) is 6.78. The Hall–Kier alpha value is -3.39. The Morgan fingerprint density at radius 3 is 2.28 bits per heavy atom. The number of hydrogen-bond donors (Lipinski definition) is 1. The molecule has 2 aliphatic rings. The number of halogens is 6. The SMILES string of the molecule is CCOC(=O)N1CCC(Nc2cccc(Sc3ccc(C=CC(=O)N4CCOCC4)c(C(F)(F)F)c3C(F)(F)F)c2)CC1. The third kappa shape index (κ3) is 8.59. The molecule has 0 aliphatic carbocycles. The molecule has 0 radical (unpaired) electrons. The van der Waals surface area contributed by atoms with Gasteiger partial charge in [0.1, 0.15) is 0 Å². The maximum Gasteiger partial charge on any atom is 0.418 e. The summed E-state index contributed by atoms with van der Waals surface area (Å²) in [5, 5.41) is 3.30. The van der Waals surface area contributed by atoms with Crippen molar-refractivity contribution < 1.29 is 45.4 Å². The van der Waals surface area contributed by atoms with E-state index in [0.29, 0.717) is 48.3 Å². The third-order valence-electron chi connectivity index (χ3n) is 6.95. The fourth-order valence-corrected chi connectivity index (χ4v) is 5.94. The van der Waals surface area contributed by atoms with Crippen molar-refractivity contribution in [3.63, 3.8) is 0 Å². The molecule has 2 saturated heterocycles. The highest BCUT2D eigenvalue weighted by molar-refractivity contribution is 7.99. The van der Waals surface area contributed by atoms with Crippen molar-refractivity contribution in [3.05, 3.63) is 59.2 Å². The molecule has 14 heteroatoms. The number of morpholine rings is 1. The van der Waals surface area contributed by atoms with Crippen LogP contribution in [0.15, 0.2) is 52.3 Å². The zero-order valence-electron chi connectivity index (χ0n) is 23.3. The van der Waals surface area contributed by atoms with Gasteiger partial charge in [-0.3, -0.25) is 4.79 Å². The lowest BCUT2D eigenvalue weighted by Gasteiger charge is -2.32. The van der Waals surface area contributed by atoms with Gasteiger partial charge in [-0.1, -0.05) is 23.9 Å². The summed E-state index contributed by atoms with van der Waals surface area (Å²) in [7, 11) is 0. The molecule has 0 bridgehead atoms. The maximum atomic E-state index is 14.3. The topological polar surface area (TPSA) is 71.1 Å². The Morgan fingerprint density at radius 2 is 1.65 bits per heavy atom. The van der Waals surface area contributed by atoms with Crippen LogP contribution in [0.25, 0.3) is 6.08 Å². The standard InChI is InChI=1S/C29H31F6N3O4S/c1-2-42-27(40)38-12-10-20(11-13-38)36-21-4-3-5-22(18-21)43-23-8-6-19(7-9-24(39)37-14-16-41-17-15-37)25(28(30,31)32)26(23)29(33,34)35/h3-9,18,20,36H,2,10-17H2,1H3. The number of nitrogens with one attached hydrogen (secondary N) is 1. The minimum atomic E-state index is -5.34. The van der Waals surface area contributed by atoms with Gasteiger partial charge in [0.2, 0.25) is 5.91 Å². The quantitative estimate of drug-likeness (QED) is 0.269. The first-order valence-corrected chi connectivity index (χ1v) is 14.5. The number of likely N-dealkylation sites (tertiary alicyclic amines) is 1. The van der Waals surface area contributed by atoms with Gasteiger partial charge in [0.05, 0.1) is 30.9 Å². The van der Waals surface area contributed by atoms with Gasteiger partial charge in [-0.2, -0.15) is 26.3 Å². The molecule has 2 amide bonds. The van der Waals surface area contributed by atoms with Crippen LogP contribution in [0.3, 0.4) is 0 Å². The van der Waals surface area contributed by atoms with E-state index in [4.69, 9.17) is 9.47 Å². The molecule has 234 valence electrons. The largest absolute Gasteiger partial charge is 0.450 e. The van der Waals surface area contributed by atoms with Gasteiger partial charge in [0, 0.05) is 53.8 Å². The van der Waals surface area contributed by atoms with E-state index >= 15 is 0 Å². The first-order valence-electron chi connectivity index (χ1n) is 13.7. The normalized spacial score (nSPS) is 16.9. The van der Waals surface area contributed by atoms with Gasteiger partial charge >= 0.3 is 18.4 Å². The molecule has 2 aromatic carbocycles. The van der Waals surface area contributed by atoms with Crippen molar-refractivity contribution in [2.24, 2.45) is 0 Å². The molecule has 2 heterocycles. The molecular formula is C29H31F6N3O4S. The number of nitrogens with zero attached hydrogens (tertiary/aromatic N) is 2. The molecule has 1 N–H and O–H groups in total. The van der Waals surface area contributed by atoms with E-state index in [9.17, 15) is 35.9 Å². The number of ether oxygens (including phenoxy) is 2. The van der Waals surface area contributed by atoms with Crippen LogP contribution in [0, 0.1) is 0 Å². The van der Waals surface area contributed by atoms with Gasteiger partial charge in [0.25, 0.3) is 0 Å². The summed E-state index contributed by atoms with van der Waals surface area (Å²) in [4.78, 5) is 27.0. The summed E-state index contributed by atoms with van der Waals surface area (Å²) in [5.74, 6) is -0.612. The van der Waals surface area contributed by atoms with Crippen LogP contribution in [0.2, 0.25) is 0 Å². The molecular weight excluding hydrogens is 600 g/mol. The Labute approximate surface area is 249 Å². The second kappa shape index (κ2) is 13.9. The molecule has 2 aromatic rings. The van der Waals surface area contributed by atoms with Crippen LogP contribution < -0.4 is 5.32 Å². The van der Waals surface area contributed by atoms with Crippen molar-refractivity contribution in [2.75, 3.05) is 51.3 Å². The molecule has 0 atom stereocenters. The van der Waals surface area contributed by atoms with Crippen molar-refractivity contribution in [1.82, 2.24) is 9.80 Å². The summed E-state index contributed by atoms with van der Waals surface area (Å²) < 4.78 is 95.5. The number of carbonyl (C=O) groups excluding carboxylic acids is 2. The molecule has 4 rings (SSSR count). The van der Waals surface area contributed by atoms with E-state index in [2.05, 4.69) is 5.32 Å². The van der Waals surface area contributed by atoms with Gasteiger partial charge in [0.15, 0.2) is 0 Å². The van der Waals surface area contributed by atoms with Crippen molar-refractivity contribution >= 4 is 35.5 Å². The summed E-state index contributed by atoms with van der Waals surface area (Å²) in [6, 6.07) is 8.33. The van der Waals surface area contributed by atoms with E-state index in [1.807, 2.05) is 0 Å². The van der Waals surface area contributed by atoms with Crippen molar-refractivity contribution in [1.29, 1.82) is 0 Å². The molecule has 0 unspecified atom stereocenters. The summed E-state index contributed by atoms with van der Waals surface area (Å²) >= 11 is 0.571. The monoisotopic (exact) mass is 631 g/mol. The lowest BCUT2D eigenvalue weighted by Crippen LogP contribution is -2.42. The molecule has 0 spiro atoms. The van der Waals surface area contributed by atoms with Crippen LogP contribution in [0.5, 0.6) is 0 Å². The number of hydrogen-bond acceptors (Lipinski definition) is 6. The van der Waals surface area contributed by atoms with E-state index in [-0.39, 0.29) is 45.0 Å². The zero-order chi connectivity index (χ0) is 31.2. The Bertz CT molecular complexity index is 1320. The Morgan fingerprint density at radius 1 is 0.977 bits per heavy atom. The Balaban J connectivity index is 1.56. The van der Waals surface area contributed by atoms with E-state index in [1.54, 1.807) is 30.0 Å². The zero-order valence-corrected chi connectivity index (χ0v) is 24.1. The molecule has 0 saturated carbocycles. The minimum absolute atomic E-state index is 0.0141. The van der Waals surface area contributed by atoms with Crippen molar-refractivity contribution in [3.8, 4) is 0 Å². The van der Waals surface area contributed by atoms with Gasteiger partial charge in [-0.05, 0) is 55.7 Å². The highest BCUT2D eigenvalue weighted by atomic mass is 32.2. The van der Waals surface area contributed by atoms with E-state index in [1.165, 1.54) is 11.0 Å². The summed E-state index contributed by atoms with van der Waals surface area (Å²) in [6.45, 7) is 3.94. The van der Waals surface area contributed by atoms with E-state index < -0.39 is 39.8 Å². The predicted molar refractivity (Wildman–Crippen MR) is 149 cm³/mol. The van der Waals surface area contributed by atoms with Crippen LogP contribution >= 0.6 is 11.8 Å². The number of alkyl halides is 6. The van der Waals surface area contributed by atoms with Gasteiger partial charge < -0.3 is 24.6 Å². The number of anilines is 1. The first kappa shape index (κ1) is 32.5. The number of amides is 2. The summed E-state index contributed by atoms with van der Waals surface area (Å²) in [6.07, 6.45) is -8.18. The lowest BCUT2D eigenvalue weighted by molar-refractivity contribution is -0.163. The number of piperidine rings is 1. The third-order valence-corrected chi connectivity index (χ3v) is 8.00. The smallest absolute Gasteiger partial charge is 0.418 e. The molecule has 2 aliphatic heterocycles. The number of carbonyl (C=O) groups is 2. The Kier molecular flexibility index (Phi) is 10.5. The maximum absolute atomic E-state index is 14.3. The van der Waals surface area contributed by atoms with Crippen LogP contribution in [0.4, 0.5) is 36.8 Å². The van der Waals surface area contributed by atoms with Crippen molar-refractivity contribution in [2.45, 2.75) is 48.0 Å². The van der Waals surface area contributed by atoms with Crippen LogP contribution in [0.1, 0.15) is 36.5 Å². The van der Waals surface area contributed by atoms with Crippen LogP contribution in [-0.4, -0.2) is 73.8 Å². The number of benzene rings is 2. The number of rotatable bonds is 7. The highest BCUT2D eigenvalue weighted by Gasteiger charge is 2.46. The molecule has 0 aromatic heterocycles. The van der Waals surface area contributed by atoms with Gasteiger partial charge in [-0.25, -0.2) is 4.79 Å². The summed E-state index contributed by atoms with van der Waals surface area (Å²) in [5.41, 5.74) is -3.82. The lowest BCUT2D eigenvalue weighted by atomic mass is 9.99. The molecule has 7 nitrogen and oxygen atoms in total. The second-order valence-corrected chi connectivity index (χ2v) is 11.0. The molecule has 43 heavy (non-hydrogen) atoms. The average molecular weight is 632 g/mol. The average Bonchev–Trinajstić information content (AvgIpc) is 2.96. The minimum Gasteiger partial charge on any atom is -0.450 e. The fourth-order valence-electron chi connectivity index (χ4n) is 4.89. The molecule has 2 fully saturated rings. The van der Waals surface area contributed by atoms with E-state index in [0.717, 1.165) is 24.3 Å². The highest BCUT2D eigenvalue weighted by Crippen LogP contribution is 2.48. The first-order chi connectivity index (χ1) is 20.4. The fraction of sp³-hybridized carbons (Fsp3) is 0.448. The van der Waals surface area contributed by atoms with Crippen LogP contribution in [-0.2, 0) is 26.6 Å². The van der Waals surface area contributed by atoms with Gasteiger partial charge in [-0.15, -0.1) is 0 Å².